The van der Waals surface area contributed by atoms with E-state index in [9.17, 15) is 14.7 Å². The Hall–Kier alpha value is -3.32. The molecule has 1 heterocycles. The topological polar surface area (TPSA) is 83.3 Å². The number of quaternary nitrogens is 1. The summed E-state index contributed by atoms with van der Waals surface area (Å²) in [7, 11) is 1.54. The van der Waals surface area contributed by atoms with Crippen molar-refractivity contribution < 1.29 is 29.1 Å². The van der Waals surface area contributed by atoms with Crippen molar-refractivity contribution in [1.82, 2.24) is 4.90 Å². The second-order valence-electron chi connectivity index (χ2n) is 8.64. The standard InChI is InChI=1S/C27H34N2O5/c1-6-28(7-2)16-17-29-24(19-8-14-22(15-9-19)34-18(3)4)23(26(31)27(29)32)25(30)20-10-12-21(33-5)13-11-20/h8-15,18,24,30H,6-7,16-17H2,1-5H3. The SMILES string of the molecule is CC[NH+](CC)CCN1C(=O)C(=O)C(=C([O-])c2ccc(OC)cc2)C1c1ccc(OC(C)C)cc1. The van der Waals surface area contributed by atoms with Crippen LogP contribution in [-0.2, 0) is 9.59 Å². The van der Waals surface area contributed by atoms with Crippen LogP contribution < -0.4 is 19.5 Å². The number of methoxy groups -OCH3 is 1. The molecule has 1 N–H and O–H groups in total. The van der Waals surface area contributed by atoms with E-state index in [1.54, 1.807) is 36.3 Å². The smallest absolute Gasteiger partial charge is 0.295 e. The second-order valence-corrected chi connectivity index (χ2v) is 8.64. The molecular weight excluding hydrogens is 432 g/mol. The number of nitrogens with zero attached hydrogens (tertiary/aromatic N) is 1. The van der Waals surface area contributed by atoms with E-state index in [2.05, 4.69) is 13.8 Å². The fourth-order valence-corrected chi connectivity index (χ4v) is 4.23. The number of Topliss-reactive ketones (excluding diaryl/α,β-unsaturated/α-hetero) is 1. The molecular formula is C27H34N2O5. The molecule has 1 aliphatic heterocycles. The van der Waals surface area contributed by atoms with Crippen LogP contribution in [0.15, 0.2) is 54.1 Å². The van der Waals surface area contributed by atoms with Crippen molar-refractivity contribution in [2.45, 2.75) is 39.8 Å². The third-order valence-corrected chi connectivity index (χ3v) is 6.16. The van der Waals surface area contributed by atoms with E-state index in [-0.39, 0.29) is 11.7 Å². The molecule has 0 saturated carbocycles. The predicted octanol–water partition coefficient (Wildman–Crippen LogP) is 1.63. The molecule has 1 fully saturated rings. The molecule has 7 nitrogen and oxygen atoms in total. The Balaban J connectivity index is 2.06. The van der Waals surface area contributed by atoms with Gasteiger partial charge in [0.15, 0.2) is 0 Å². The zero-order valence-corrected chi connectivity index (χ0v) is 20.6. The number of hydrogen-bond acceptors (Lipinski definition) is 5. The van der Waals surface area contributed by atoms with Crippen LogP contribution in [-0.4, -0.2) is 56.0 Å². The number of likely N-dealkylation sites (tertiary alicyclic amines) is 1. The number of benzene rings is 2. The molecule has 0 bridgehead atoms. The predicted molar refractivity (Wildman–Crippen MR) is 128 cm³/mol. The van der Waals surface area contributed by atoms with Crippen LogP contribution in [0, 0.1) is 0 Å². The molecule has 0 radical (unpaired) electrons. The van der Waals surface area contributed by atoms with Crippen molar-refractivity contribution in [3.63, 3.8) is 0 Å². The maximum Gasteiger partial charge on any atom is 0.295 e. The fourth-order valence-electron chi connectivity index (χ4n) is 4.23. The highest BCUT2D eigenvalue weighted by molar-refractivity contribution is 6.46. The lowest BCUT2D eigenvalue weighted by Gasteiger charge is -2.28. The van der Waals surface area contributed by atoms with Crippen LogP contribution in [0.25, 0.3) is 5.76 Å². The van der Waals surface area contributed by atoms with E-state index in [0.717, 1.165) is 13.1 Å². The average molecular weight is 467 g/mol. The fraction of sp³-hybridized carbons (Fsp3) is 0.407. The first-order valence-electron chi connectivity index (χ1n) is 11.8. The molecule has 1 amide bonds. The Bertz CT molecular complexity index is 1020. The van der Waals surface area contributed by atoms with Crippen molar-refractivity contribution in [1.29, 1.82) is 0 Å². The van der Waals surface area contributed by atoms with E-state index >= 15 is 0 Å². The first kappa shape index (κ1) is 25.3. The first-order valence-corrected chi connectivity index (χ1v) is 11.8. The maximum atomic E-state index is 13.5. The zero-order chi connectivity index (χ0) is 24.8. The third kappa shape index (κ3) is 5.42. The molecule has 182 valence electrons. The second kappa shape index (κ2) is 11.2. The third-order valence-electron chi connectivity index (χ3n) is 6.16. The van der Waals surface area contributed by atoms with Crippen LogP contribution in [0.4, 0.5) is 0 Å². The number of amides is 1. The Labute approximate surface area is 201 Å². The van der Waals surface area contributed by atoms with Crippen molar-refractivity contribution in [3.8, 4) is 11.5 Å². The highest BCUT2D eigenvalue weighted by Gasteiger charge is 2.44. The Morgan fingerprint density at radius 2 is 1.59 bits per heavy atom. The normalized spacial score (nSPS) is 17.6. The summed E-state index contributed by atoms with van der Waals surface area (Å²) in [5.41, 5.74) is 1.04. The summed E-state index contributed by atoms with van der Waals surface area (Å²) in [5, 5.41) is 13.5. The van der Waals surface area contributed by atoms with Gasteiger partial charge >= 0.3 is 0 Å². The minimum absolute atomic E-state index is 0.0118. The van der Waals surface area contributed by atoms with Crippen molar-refractivity contribution in [2.75, 3.05) is 33.3 Å². The number of carbonyl (C=O) groups excluding carboxylic acids is 2. The van der Waals surface area contributed by atoms with E-state index < -0.39 is 23.5 Å². The number of ketones is 1. The van der Waals surface area contributed by atoms with Crippen LogP contribution in [0.5, 0.6) is 11.5 Å². The lowest BCUT2D eigenvalue weighted by atomic mass is 9.95. The van der Waals surface area contributed by atoms with E-state index in [1.165, 1.54) is 4.90 Å². The number of carbonyl (C=O) groups is 2. The van der Waals surface area contributed by atoms with Crippen LogP contribution in [0.2, 0.25) is 0 Å². The van der Waals surface area contributed by atoms with Gasteiger partial charge in [-0.25, -0.2) is 0 Å². The van der Waals surface area contributed by atoms with Gasteiger partial charge in [0, 0.05) is 5.57 Å². The van der Waals surface area contributed by atoms with Gasteiger partial charge in [0.05, 0.1) is 45.4 Å². The number of rotatable bonds is 10. The number of ether oxygens (including phenoxy) is 2. The summed E-state index contributed by atoms with van der Waals surface area (Å²) < 4.78 is 10.9. The maximum absolute atomic E-state index is 13.5. The minimum atomic E-state index is -0.738. The molecule has 7 heteroatoms. The summed E-state index contributed by atoms with van der Waals surface area (Å²) in [6.45, 7) is 11.0. The van der Waals surface area contributed by atoms with Gasteiger partial charge in [-0.05, 0) is 63.1 Å². The molecule has 2 aromatic rings. The van der Waals surface area contributed by atoms with Gasteiger partial charge in [0.1, 0.15) is 11.5 Å². The summed E-state index contributed by atoms with van der Waals surface area (Å²) in [6.07, 6.45) is 0.0211. The van der Waals surface area contributed by atoms with Crippen LogP contribution in [0.3, 0.4) is 0 Å². The average Bonchev–Trinajstić information content (AvgIpc) is 3.09. The van der Waals surface area contributed by atoms with Gasteiger partial charge in [0.25, 0.3) is 5.91 Å². The number of likely N-dealkylation sites (N-methyl/N-ethyl adjacent to an activating group) is 1. The first-order chi connectivity index (χ1) is 16.3. The molecule has 1 saturated heterocycles. The highest BCUT2D eigenvalue weighted by Crippen LogP contribution is 2.39. The molecule has 1 atom stereocenters. The Morgan fingerprint density at radius 3 is 2.12 bits per heavy atom. The van der Waals surface area contributed by atoms with Crippen molar-refractivity contribution >= 4 is 17.4 Å². The Kier molecular flexibility index (Phi) is 8.34. The molecule has 0 spiro atoms. The molecule has 0 aromatic heterocycles. The van der Waals surface area contributed by atoms with Gasteiger partial charge in [0.2, 0.25) is 5.78 Å². The highest BCUT2D eigenvalue weighted by atomic mass is 16.5. The summed E-state index contributed by atoms with van der Waals surface area (Å²) in [6, 6.07) is 13.1. The Morgan fingerprint density at radius 1 is 1.00 bits per heavy atom. The van der Waals surface area contributed by atoms with E-state index in [0.29, 0.717) is 35.7 Å². The van der Waals surface area contributed by atoms with Gasteiger partial charge in [-0.3, -0.25) is 9.59 Å². The van der Waals surface area contributed by atoms with Crippen molar-refractivity contribution in [2.24, 2.45) is 0 Å². The van der Waals surface area contributed by atoms with Crippen LogP contribution >= 0.6 is 0 Å². The van der Waals surface area contributed by atoms with E-state index in [4.69, 9.17) is 9.47 Å². The summed E-state index contributed by atoms with van der Waals surface area (Å²) in [5.74, 6) is -0.502. The zero-order valence-electron chi connectivity index (χ0n) is 20.6. The van der Waals surface area contributed by atoms with Gasteiger partial charge < -0.3 is 24.4 Å². The molecule has 3 rings (SSSR count). The van der Waals surface area contributed by atoms with Gasteiger partial charge in [-0.1, -0.05) is 30.0 Å². The monoisotopic (exact) mass is 466 g/mol. The van der Waals surface area contributed by atoms with Gasteiger partial charge in [-0.2, -0.15) is 0 Å². The van der Waals surface area contributed by atoms with Gasteiger partial charge in [-0.15, -0.1) is 0 Å². The molecule has 1 unspecified atom stereocenters. The number of nitrogens with one attached hydrogen (secondary N) is 1. The lowest BCUT2D eigenvalue weighted by molar-refractivity contribution is -0.895. The van der Waals surface area contributed by atoms with Crippen molar-refractivity contribution in [3.05, 3.63) is 65.2 Å². The number of hydrogen-bond donors (Lipinski definition) is 1. The quantitative estimate of drug-likeness (QED) is 0.327. The van der Waals surface area contributed by atoms with E-state index in [1.807, 2.05) is 38.1 Å². The minimum Gasteiger partial charge on any atom is -0.872 e. The largest absolute Gasteiger partial charge is 0.872 e. The summed E-state index contributed by atoms with van der Waals surface area (Å²) in [4.78, 5) is 29.1. The molecule has 1 aliphatic rings. The molecule has 0 aliphatic carbocycles. The molecule has 34 heavy (non-hydrogen) atoms. The van der Waals surface area contributed by atoms with Crippen LogP contribution in [0.1, 0.15) is 44.9 Å². The lowest BCUT2D eigenvalue weighted by Crippen LogP contribution is -3.12. The summed E-state index contributed by atoms with van der Waals surface area (Å²) >= 11 is 0. The molecule has 2 aromatic carbocycles.